The van der Waals surface area contributed by atoms with Crippen LogP contribution in [0.1, 0.15) is 11.1 Å². The molecule has 0 aromatic heterocycles. The van der Waals surface area contributed by atoms with Crippen LogP contribution in [0.2, 0.25) is 0 Å². The molecule has 1 unspecified atom stereocenters. The zero-order chi connectivity index (χ0) is 20.5. The lowest BCUT2D eigenvalue weighted by molar-refractivity contribution is -0.263. The Bertz CT molecular complexity index is 896. The van der Waals surface area contributed by atoms with Gasteiger partial charge in [0.2, 0.25) is 10.0 Å². The maximum Gasteiger partial charge on any atom is 0.422 e. The van der Waals surface area contributed by atoms with Crippen LogP contribution in [0.25, 0.3) is 0 Å². The SMILES string of the molecule is O=S(=O)(NCC(O)(c1ccccc1)C(F)(F)F)c1cccc(C(F)(F)F)c1. The highest BCUT2D eigenvalue weighted by Crippen LogP contribution is 2.38. The topological polar surface area (TPSA) is 66.4 Å². The van der Waals surface area contributed by atoms with Crippen molar-refractivity contribution >= 4 is 10.0 Å². The number of benzene rings is 2. The standard InChI is InChI=1S/C16H13F6NO3S/c17-15(18,19)12-7-4-8-13(9-12)27(25,26)23-10-14(24,16(20,21)22)11-5-2-1-3-6-11/h1-9,23-24H,10H2. The quantitative estimate of drug-likeness (QED) is 0.739. The molecule has 0 heterocycles. The molecule has 2 rings (SSSR count). The third-order valence-electron chi connectivity index (χ3n) is 3.71. The number of hydrogen-bond acceptors (Lipinski definition) is 3. The van der Waals surface area contributed by atoms with Gasteiger partial charge in [0.25, 0.3) is 0 Å². The van der Waals surface area contributed by atoms with Crippen molar-refractivity contribution in [3.05, 3.63) is 65.7 Å². The van der Waals surface area contributed by atoms with Crippen LogP contribution in [0.5, 0.6) is 0 Å². The highest BCUT2D eigenvalue weighted by Gasteiger charge is 2.55. The van der Waals surface area contributed by atoms with Crippen LogP contribution in [0, 0.1) is 0 Å². The van der Waals surface area contributed by atoms with E-state index in [1.165, 1.54) is 22.9 Å². The van der Waals surface area contributed by atoms with Crippen LogP contribution in [-0.4, -0.2) is 26.2 Å². The van der Waals surface area contributed by atoms with Gasteiger partial charge in [0.05, 0.1) is 17.0 Å². The van der Waals surface area contributed by atoms with Gasteiger partial charge in [-0.3, -0.25) is 0 Å². The van der Waals surface area contributed by atoms with Gasteiger partial charge in [-0.1, -0.05) is 36.4 Å². The predicted molar refractivity (Wildman–Crippen MR) is 83.0 cm³/mol. The van der Waals surface area contributed by atoms with Gasteiger partial charge in [-0.2, -0.15) is 26.3 Å². The third kappa shape index (κ3) is 4.60. The van der Waals surface area contributed by atoms with Gasteiger partial charge in [0.1, 0.15) is 0 Å². The minimum atomic E-state index is -5.25. The average Bonchev–Trinajstić information content (AvgIpc) is 2.59. The molecule has 0 aliphatic rings. The summed E-state index contributed by atoms with van der Waals surface area (Å²) in [6.45, 7) is -1.51. The monoisotopic (exact) mass is 413 g/mol. The van der Waals surface area contributed by atoms with Gasteiger partial charge in [0.15, 0.2) is 5.60 Å². The van der Waals surface area contributed by atoms with Crippen LogP contribution in [0.3, 0.4) is 0 Å². The molecule has 4 nitrogen and oxygen atoms in total. The molecule has 2 aromatic rings. The first-order chi connectivity index (χ1) is 12.3. The van der Waals surface area contributed by atoms with Crippen LogP contribution in [0.15, 0.2) is 59.5 Å². The molecular weight excluding hydrogens is 400 g/mol. The van der Waals surface area contributed by atoms with E-state index in [9.17, 15) is 39.9 Å². The van der Waals surface area contributed by atoms with E-state index < -0.39 is 50.5 Å². The van der Waals surface area contributed by atoms with Crippen molar-refractivity contribution in [2.24, 2.45) is 0 Å². The Hall–Kier alpha value is -2.11. The predicted octanol–water partition coefficient (Wildman–Crippen LogP) is 3.43. The molecule has 2 aromatic carbocycles. The van der Waals surface area contributed by atoms with E-state index in [1.807, 2.05) is 0 Å². The summed E-state index contributed by atoms with van der Waals surface area (Å²) < 4.78 is 104. The normalized spacial score (nSPS) is 15.4. The Balaban J connectivity index is 2.35. The number of aliphatic hydroxyl groups is 1. The second-order valence-electron chi connectivity index (χ2n) is 5.57. The van der Waals surface area contributed by atoms with Gasteiger partial charge < -0.3 is 5.11 Å². The maximum atomic E-state index is 13.4. The Morgan fingerprint density at radius 3 is 1.93 bits per heavy atom. The molecule has 0 fully saturated rings. The number of sulfonamides is 1. The zero-order valence-corrected chi connectivity index (χ0v) is 14.2. The molecule has 0 bridgehead atoms. The third-order valence-corrected chi connectivity index (χ3v) is 5.11. The molecule has 27 heavy (non-hydrogen) atoms. The van der Waals surface area contributed by atoms with Crippen molar-refractivity contribution < 1.29 is 39.9 Å². The van der Waals surface area contributed by atoms with E-state index in [0.717, 1.165) is 24.3 Å². The number of alkyl halides is 6. The van der Waals surface area contributed by atoms with Crippen LogP contribution in [0.4, 0.5) is 26.3 Å². The van der Waals surface area contributed by atoms with E-state index in [2.05, 4.69) is 0 Å². The first kappa shape index (κ1) is 21.2. The second-order valence-corrected chi connectivity index (χ2v) is 7.34. The van der Waals surface area contributed by atoms with E-state index in [-0.39, 0.29) is 6.07 Å². The average molecular weight is 413 g/mol. The van der Waals surface area contributed by atoms with Gasteiger partial charge in [-0.05, 0) is 23.8 Å². The summed E-state index contributed by atoms with van der Waals surface area (Å²) >= 11 is 0. The zero-order valence-electron chi connectivity index (χ0n) is 13.3. The fourth-order valence-corrected chi connectivity index (χ4v) is 3.31. The second kappa shape index (κ2) is 7.13. The summed E-state index contributed by atoms with van der Waals surface area (Å²) in [7, 11) is -4.75. The Kier molecular flexibility index (Phi) is 5.60. The highest BCUT2D eigenvalue weighted by molar-refractivity contribution is 7.89. The molecule has 11 heteroatoms. The molecule has 0 aliphatic carbocycles. The maximum absolute atomic E-state index is 13.4. The first-order valence-electron chi connectivity index (χ1n) is 7.29. The molecule has 148 valence electrons. The molecule has 0 aliphatic heterocycles. The molecule has 0 amide bonds. The Morgan fingerprint density at radius 1 is 0.852 bits per heavy atom. The minimum Gasteiger partial charge on any atom is -0.375 e. The fraction of sp³-hybridized carbons (Fsp3) is 0.250. The summed E-state index contributed by atoms with van der Waals surface area (Å²) in [6, 6.07) is 8.25. The van der Waals surface area contributed by atoms with E-state index in [4.69, 9.17) is 0 Å². The number of hydrogen-bond donors (Lipinski definition) is 2. The molecular formula is C16H13F6NO3S. The lowest BCUT2D eigenvalue weighted by Gasteiger charge is -2.31. The van der Waals surface area contributed by atoms with Crippen LogP contribution < -0.4 is 4.72 Å². The minimum absolute atomic E-state index is 0.289. The molecule has 0 saturated heterocycles. The van der Waals surface area contributed by atoms with Gasteiger partial charge >= 0.3 is 12.4 Å². The van der Waals surface area contributed by atoms with Gasteiger partial charge in [-0.25, -0.2) is 13.1 Å². The van der Waals surface area contributed by atoms with Crippen molar-refractivity contribution in [2.45, 2.75) is 22.8 Å². The molecule has 0 spiro atoms. The van der Waals surface area contributed by atoms with Crippen molar-refractivity contribution in [2.75, 3.05) is 6.54 Å². The van der Waals surface area contributed by atoms with Crippen molar-refractivity contribution in [1.29, 1.82) is 0 Å². The summed E-state index contributed by atoms with van der Waals surface area (Å²) in [5, 5.41) is 10.1. The summed E-state index contributed by atoms with van der Waals surface area (Å²) in [6.07, 6.45) is -10.1. The molecule has 0 saturated carbocycles. The van der Waals surface area contributed by atoms with Crippen LogP contribution in [-0.2, 0) is 21.8 Å². The van der Waals surface area contributed by atoms with Crippen molar-refractivity contribution in [3.63, 3.8) is 0 Å². The fourth-order valence-electron chi connectivity index (χ4n) is 2.20. The molecule has 0 radical (unpaired) electrons. The van der Waals surface area contributed by atoms with E-state index in [0.29, 0.717) is 6.07 Å². The summed E-state index contributed by atoms with van der Waals surface area (Å²) in [4.78, 5) is -0.880. The Labute approximate surface area is 150 Å². The van der Waals surface area contributed by atoms with E-state index >= 15 is 0 Å². The molecule has 2 N–H and O–H groups in total. The Morgan fingerprint density at radius 2 is 1.41 bits per heavy atom. The van der Waals surface area contributed by atoms with Crippen molar-refractivity contribution in [1.82, 2.24) is 4.72 Å². The number of nitrogens with one attached hydrogen (secondary N) is 1. The molecule has 1 atom stereocenters. The first-order valence-corrected chi connectivity index (χ1v) is 8.77. The number of halogens is 6. The largest absolute Gasteiger partial charge is 0.422 e. The van der Waals surface area contributed by atoms with Gasteiger partial charge in [-0.15, -0.1) is 0 Å². The lowest BCUT2D eigenvalue weighted by Crippen LogP contribution is -2.51. The van der Waals surface area contributed by atoms with Crippen LogP contribution >= 0.6 is 0 Å². The highest BCUT2D eigenvalue weighted by atomic mass is 32.2. The van der Waals surface area contributed by atoms with E-state index in [1.54, 1.807) is 0 Å². The number of rotatable bonds is 5. The lowest BCUT2D eigenvalue weighted by atomic mass is 9.93. The smallest absolute Gasteiger partial charge is 0.375 e. The summed E-state index contributed by atoms with van der Waals surface area (Å²) in [5.41, 5.74) is -5.47. The summed E-state index contributed by atoms with van der Waals surface area (Å²) in [5.74, 6) is 0. The van der Waals surface area contributed by atoms with Gasteiger partial charge in [0, 0.05) is 0 Å². The van der Waals surface area contributed by atoms with Crippen molar-refractivity contribution in [3.8, 4) is 0 Å².